The van der Waals surface area contributed by atoms with Crippen LogP contribution in [0.4, 0.5) is 17.2 Å². The third-order valence-corrected chi connectivity index (χ3v) is 3.00. The molecule has 2 rings (SSSR count). The van der Waals surface area contributed by atoms with Crippen molar-refractivity contribution < 1.29 is 0 Å². The van der Waals surface area contributed by atoms with Crippen molar-refractivity contribution in [2.24, 2.45) is 0 Å². The Morgan fingerprint density at radius 3 is 2.82 bits per heavy atom. The molecule has 0 spiro atoms. The van der Waals surface area contributed by atoms with Crippen LogP contribution in [0.5, 0.6) is 0 Å². The second-order valence-electron chi connectivity index (χ2n) is 3.75. The van der Waals surface area contributed by atoms with Crippen molar-refractivity contribution in [1.29, 1.82) is 0 Å². The molecule has 0 bridgehead atoms. The van der Waals surface area contributed by atoms with E-state index in [4.69, 9.17) is 5.73 Å². The molecule has 0 radical (unpaired) electrons. The number of hydrogen-bond donors (Lipinski definition) is 2. The van der Waals surface area contributed by atoms with Gasteiger partial charge in [0.25, 0.3) is 0 Å². The second-order valence-corrected chi connectivity index (χ2v) is 4.67. The summed E-state index contributed by atoms with van der Waals surface area (Å²) in [6.07, 6.45) is 2.67. The molecule has 0 amide bonds. The van der Waals surface area contributed by atoms with Crippen LogP contribution in [-0.4, -0.2) is 4.98 Å². The van der Waals surface area contributed by atoms with E-state index >= 15 is 0 Å². The summed E-state index contributed by atoms with van der Waals surface area (Å²) in [5.41, 5.74) is 8.96. The number of nitrogens with zero attached hydrogens (tertiary/aromatic N) is 1. The SMILES string of the molecule is CCc1cc(Br)ccc1Nc1ccnc(N)c1. The van der Waals surface area contributed by atoms with Crippen molar-refractivity contribution >= 4 is 33.1 Å². The summed E-state index contributed by atoms with van der Waals surface area (Å²) >= 11 is 3.48. The molecule has 0 aliphatic heterocycles. The van der Waals surface area contributed by atoms with E-state index in [0.717, 1.165) is 22.3 Å². The van der Waals surface area contributed by atoms with Gasteiger partial charge in [0.1, 0.15) is 5.82 Å². The molecule has 1 aromatic heterocycles. The normalized spacial score (nSPS) is 10.2. The van der Waals surface area contributed by atoms with Gasteiger partial charge in [-0.1, -0.05) is 22.9 Å². The summed E-state index contributed by atoms with van der Waals surface area (Å²) < 4.78 is 1.09. The fraction of sp³-hybridized carbons (Fsp3) is 0.154. The van der Waals surface area contributed by atoms with Crippen molar-refractivity contribution in [1.82, 2.24) is 4.98 Å². The van der Waals surface area contributed by atoms with Gasteiger partial charge in [0.2, 0.25) is 0 Å². The number of hydrogen-bond acceptors (Lipinski definition) is 3. The van der Waals surface area contributed by atoms with Gasteiger partial charge in [0.05, 0.1) is 0 Å². The first-order valence-corrected chi connectivity index (χ1v) is 6.25. The summed E-state index contributed by atoms with van der Waals surface area (Å²) in [5.74, 6) is 0.519. The summed E-state index contributed by atoms with van der Waals surface area (Å²) in [7, 11) is 0. The van der Waals surface area contributed by atoms with Gasteiger partial charge in [-0.2, -0.15) is 0 Å². The molecule has 3 N–H and O–H groups in total. The molecule has 0 fully saturated rings. The maximum Gasteiger partial charge on any atom is 0.125 e. The molecule has 88 valence electrons. The third kappa shape index (κ3) is 2.97. The molecule has 0 unspecified atom stereocenters. The number of aryl methyl sites for hydroxylation is 1. The third-order valence-electron chi connectivity index (χ3n) is 2.51. The van der Waals surface area contributed by atoms with E-state index in [9.17, 15) is 0 Å². The van der Waals surface area contributed by atoms with Crippen LogP contribution in [0.3, 0.4) is 0 Å². The average molecular weight is 292 g/mol. The molecule has 0 saturated carbocycles. The number of halogens is 1. The number of benzene rings is 1. The lowest BCUT2D eigenvalue weighted by Gasteiger charge is -2.11. The van der Waals surface area contributed by atoms with Crippen molar-refractivity contribution in [2.45, 2.75) is 13.3 Å². The van der Waals surface area contributed by atoms with Gasteiger partial charge in [-0.05, 0) is 36.2 Å². The van der Waals surface area contributed by atoms with Crippen LogP contribution in [-0.2, 0) is 6.42 Å². The first-order valence-electron chi connectivity index (χ1n) is 5.46. The molecular weight excluding hydrogens is 278 g/mol. The van der Waals surface area contributed by atoms with Crippen LogP contribution < -0.4 is 11.1 Å². The fourth-order valence-electron chi connectivity index (χ4n) is 1.66. The Balaban J connectivity index is 2.29. The first kappa shape index (κ1) is 11.9. The highest BCUT2D eigenvalue weighted by atomic mass is 79.9. The van der Waals surface area contributed by atoms with Gasteiger partial charge in [0, 0.05) is 28.1 Å². The van der Waals surface area contributed by atoms with E-state index in [-0.39, 0.29) is 0 Å². The minimum Gasteiger partial charge on any atom is -0.384 e. The van der Waals surface area contributed by atoms with E-state index in [2.05, 4.69) is 45.3 Å². The van der Waals surface area contributed by atoms with Crippen LogP contribution in [0.25, 0.3) is 0 Å². The van der Waals surface area contributed by atoms with Crippen LogP contribution >= 0.6 is 15.9 Å². The number of nitrogens with one attached hydrogen (secondary N) is 1. The number of nitrogen functional groups attached to an aromatic ring is 1. The molecule has 4 heteroatoms. The maximum atomic E-state index is 5.65. The van der Waals surface area contributed by atoms with Crippen LogP contribution in [0.15, 0.2) is 41.0 Å². The molecule has 1 aromatic carbocycles. The van der Waals surface area contributed by atoms with Crippen LogP contribution in [0.1, 0.15) is 12.5 Å². The Labute approximate surface area is 109 Å². The molecular formula is C13H14BrN3. The summed E-state index contributed by atoms with van der Waals surface area (Å²) in [5, 5.41) is 3.35. The van der Waals surface area contributed by atoms with Crippen molar-refractivity contribution in [2.75, 3.05) is 11.1 Å². The smallest absolute Gasteiger partial charge is 0.125 e. The van der Waals surface area contributed by atoms with Crippen molar-refractivity contribution in [3.63, 3.8) is 0 Å². The summed E-state index contributed by atoms with van der Waals surface area (Å²) in [4.78, 5) is 3.97. The quantitative estimate of drug-likeness (QED) is 0.906. The predicted molar refractivity (Wildman–Crippen MR) is 75.5 cm³/mol. The zero-order chi connectivity index (χ0) is 12.3. The minimum absolute atomic E-state index is 0.519. The van der Waals surface area contributed by atoms with Gasteiger partial charge in [-0.25, -0.2) is 4.98 Å². The van der Waals surface area contributed by atoms with Crippen LogP contribution in [0, 0.1) is 0 Å². The molecule has 2 aromatic rings. The Morgan fingerprint density at radius 2 is 2.12 bits per heavy atom. The van der Waals surface area contributed by atoms with E-state index in [1.165, 1.54) is 5.56 Å². The number of nitrogens with two attached hydrogens (primary N) is 1. The van der Waals surface area contributed by atoms with E-state index in [1.54, 1.807) is 6.20 Å². The minimum atomic E-state index is 0.519. The van der Waals surface area contributed by atoms with Crippen molar-refractivity contribution in [3.8, 4) is 0 Å². The van der Waals surface area contributed by atoms with Gasteiger partial charge in [-0.3, -0.25) is 0 Å². The Kier molecular flexibility index (Phi) is 3.64. The zero-order valence-corrected chi connectivity index (χ0v) is 11.2. The molecule has 3 nitrogen and oxygen atoms in total. The number of pyridine rings is 1. The Hall–Kier alpha value is -1.55. The van der Waals surface area contributed by atoms with E-state index in [0.29, 0.717) is 5.82 Å². The zero-order valence-electron chi connectivity index (χ0n) is 9.57. The summed E-state index contributed by atoms with van der Waals surface area (Å²) in [6.45, 7) is 2.13. The molecule has 0 aliphatic rings. The molecule has 17 heavy (non-hydrogen) atoms. The highest BCUT2D eigenvalue weighted by molar-refractivity contribution is 9.10. The Morgan fingerprint density at radius 1 is 1.29 bits per heavy atom. The monoisotopic (exact) mass is 291 g/mol. The average Bonchev–Trinajstić information content (AvgIpc) is 2.31. The van der Waals surface area contributed by atoms with Crippen molar-refractivity contribution in [3.05, 3.63) is 46.6 Å². The lowest BCUT2D eigenvalue weighted by molar-refractivity contribution is 1.14. The molecule has 0 atom stereocenters. The second kappa shape index (κ2) is 5.19. The van der Waals surface area contributed by atoms with Gasteiger partial charge in [-0.15, -0.1) is 0 Å². The summed E-state index contributed by atoms with van der Waals surface area (Å²) in [6, 6.07) is 9.91. The highest BCUT2D eigenvalue weighted by Crippen LogP contribution is 2.25. The topological polar surface area (TPSA) is 50.9 Å². The van der Waals surface area contributed by atoms with E-state index in [1.807, 2.05) is 18.2 Å². The molecule has 1 heterocycles. The number of anilines is 3. The highest BCUT2D eigenvalue weighted by Gasteiger charge is 2.02. The maximum absolute atomic E-state index is 5.65. The first-order chi connectivity index (χ1) is 8.19. The van der Waals surface area contributed by atoms with Gasteiger partial charge in [0.15, 0.2) is 0 Å². The number of aromatic nitrogens is 1. The fourth-order valence-corrected chi connectivity index (χ4v) is 2.07. The lowest BCUT2D eigenvalue weighted by atomic mass is 10.1. The van der Waals surface area contributed by atoms with Gasteiger partial charge < -0.3 is 11.1 Å². The number of rotatable bonds is 3. The molecule has 0 saturated heterocycles. The van der Waals surface area contributed by atoms with Gasteiger partial charge >= 0.3 is 0 Å². The largest absolute Gasteiger partial charge is 0.384 e. The standard InChI is InChI=1S/C13H14BrN3/c1-2-9-7-10(14)3-4-12(9)17-11-5-6-16-13(15)8-11/h3-8H,2H2,1H3,(H3,15,16,17). The lowest BCUT2D eigenvalue weighted by Crippen LogP contribution is -1.97. The predicted octanol–water partition coefficient (Wildman–Crippen LogP) is 3.73. The van der Waals surface area contributed by atoms with E-state index < -0.39 is 0 Å². The Bertz CT molecular complexity index is 526. The molecule has 0 aliphatic carbocycles. The van der Waals surface area contributed by atoms with Crippen LogP contribution in [0.2, 0.25) is 0 Å².